The summed E-state index contributed by atoms with van der Waals surface area (Å²) in [5, 5.41) is 3.27. The van der Waals surface area contributed by atoms with Gasteiger partial charge in [-0.05, 0) is 26.0 Å². The summed E-state index contributed by atoms with van der Waals surface area (Å²) in [6.45, 7) is 5.18. The molecule has 0 saturated carbocycles. The Kier molecular flexibility index (Phi) is 4.29. The van der Waals surface area contributed by atoms with E-state index >= 15 is 0 Å². The third-order valence-electron chi connectivity index (χ3n) is 3.48. The summed E-state index contributed by atoms with van der Waals surface area (Å²) in [5.74, 6) is -3.40. The maximum Gasteiger partial charge on any atom is 0.341 e. The van der Waals surface area contributed by atoms with Crippen molar-refractivity contribution in [3.8, 4) is 0 Å². The number of hydrogen-bond acceptors (Lipinski definition) is 4. The summed E-state index contributed by atoms with van der Waals surface area (Å²) in [4.78, 5) is 1.58. The number of hydrogen-bond donors (Lipinski definition) is 1. The monoisotopic (exact) mass is 304 g/mol. The van der Waals surface area contributed by atoms with Crippen LogP contribution in [0.15, 0.2) is 29.2 Å². The average Bonchev–Trinajstić information content (AvgIpc) is 2.41. The molecule has 1 heterocycles. The first-order valence-corrected chi connectivity index (χ1v) is 7.99. The minimum atomic E-state index is -4.59. The standard InChI is InChI=1S/C13H18F2N2O2S/c1-9-8-17(10(2)7-16-9)11-5-3-4-6-12(11)20(18,19)13(14)15/h3-6,9-10,13,16H,7-8H2,1-2H3. The van der Waals surface area contributed by atoms with Gasteiger partial charge in [0.15, 0.2) is 0 Å². The highest BCUT2D eigenvalue weighted by Crippen LogP contribution is 2.31. The van der Waals surface area contributed by atoms with E-state index in [-0.39, 0.29) is 17.0 Å². The van der Waals surface area contributed by atoms with Gasteiger partial charge in [0.1, 0.15) is 0 Å². The molecule has 0 bridgehead atoms. The molecule has 0 aliphatic carbocycles. The van der Waals surface area contributed by atoms with Gasteiger partial charge < -0.3 is 10.2 Å². The third kappa shape index (κ3) is 2.78. The number of nitrogens with zero attached hydrogens (tertiary/aromatic N) is 1. The van der Waals surface area contributed by atoms with Gasteiger partial charge in [0, 0.05) is 25.2 Å². The van der Waals surface area contributed by atoms with E-state index in [0.29, 0.717) is 18.8 Å². The second kappa shape index (κ2) is 5.65. The van der Waals surface area contributed by atoms with Crippen LogP contribution in [0.5, 0.6) is 0 Å². The molecule has 0 aromatic heterocycles. The summed E-state index contributed by atoms with van der Waals surface area (Å²) in [5.41, 5.74) is 0.355. The SMILES string of the molecule is CC1CN(c2ccccc2S(=O)(=O)C(F)F)C(C)CN1. The average molecular weight is 304 g/mol. The zero-order valence-corrected chi connectivity index (χ0v) is 12.2. The normalized spacial score (nSPS) is 24.1. The zero-order chi connectivity index (χ0) is 14.9. The lowest BCUT2D eigenvalue weighted by Crippen LogP contribution is -2.54. The molecular formula is C13H18F2N2O2S. The smallest absolute Gasteiger partial charge is 0.341 e. The quantitative estimate of drug-likeness (QED) is 0.926. The maximum atomic E-state index is 12.8. The summed E-state index contributed by atoms with van der Waals surface area (Å²) in [7, 11) is -4.59. The molecule has 1 fully saturated rings. The molecule has 1 aliphatic rings. The second-order valence-corrected chi connectivity index (χ2v) is 6.97. The van der Waals surface area contributed by atoms with Crippen LogP contribution in [0, 0.1) is 0 Å². The van der Waals surface area contributed by atoms with Crippen LogP contribution in [0.25, 0.3) is 0 Å². The fourth-order valence-electron chi connectivity index (χ4n) is 2.39. The van der Waals surface area contributed by atoms with E-state index in [4.69, 9.17) is 0 Å². The lowest BCUT2D eigenvalue weighted by Gasteiger charge is -2.40. The summed E-state index contributed by atoms with van der Waals surface area (Å²) < 4.78 is 49.2. The molecule has 4 nitrogen and oxygen atoms in total. The number of anilines is 1. The summed E-state index contributed by atoms with van der Waals surface area (Å²) >= 11 is 0. The Morgan fingerprint density at radius 2 is 1.95 bits per heavy atom. The Bertz CT molecular complexity index is 577. The zero-order valence-electron chi connectivity index (χ0n) is 11.4. The molecule has 7 heteroatoms. The van der Waals surface area contributed by atoms with Crippen molar-refractivity contribution in [2.75, 3.05) is 18.0 Å². The first-order valence-electron chi connectivity index (χ1n) is 6.45. The van der Waals surface area contributed by atoms with Crippen LogP contribution in [0.1, 0.15) is 13.8 Å². The molecule has 2 unspecified atom stereocenters. The van der Waals surface area contributed by atoms with Crippen LogP contribution in [-0.4, -0.2) is 39.3 Å². The molecule has 0 amide bonds. The van der Waals surface area contributed by atoms with Crippen molar-refractivity contribution in [1.82, 2.24) is 5.32 Å². The Balaban J connectivity index is 2.47. The van der Waals surface area contributed by atoms with Gasteiger partial charge in [-0.3, -0.25) is 0 Å². The first kappa shape index (κ1) is 15.2. The first-order chi connectivity index (χ1) is 9.34. The third-order valence-corrected chi connectivity index (χ3v) is 4.91. The van der Waals surface area contributed by atoms with Gasteiger partial charge >= 0.3 is 5.76 Å². The molecule has 1 aliphatic heterocycles. The molecule has 0 spiro atoms. The Morgan fingerprint density at radius 3 is 2.60 bits per heavy atom. The van der Waals surface area contributed by atoms with Crippen LogP contribution in [0.3, 0.4) is 0 Å². The molecule has 112 valence electrons. The number of piperazine rings is 1. The van der Waals surface area contributed by atoms with Gasteiger partial charge in [-0.25, -0.2) is 8.42 Å². The number of halogens is 2. The van der Waals surface area contributed by atoms with Gasteiger partial charge in [-0.15, -0.1) is 0 Å². The molecule has 1 N–H and O–H groups in total. The Morgan fingerprint density at radius 1 is 1.30 bits per heavy atom. The Hall–Kier alpha value is -1.21. The lowest BCUT2D eigenvalue weighted by atomic mass is 10.1. The summed E-state index contributed by atoms with van der Waals surface area (Å²) in [6, 6.07) is 6.18. The Labute approximate surface area is 117 Å². The minimum Gasteiger partial charge on any atom is -0.365 e. The van der Waals surface area contributed by atoms with E-state index in [1.165, 1.54) is 12.1 Å². The number of benzene rings is 1. The van der Waals surface area contributed by atoms with E-state index in [2.05, 4.69) is 5.32 Å². The van der Waals surface area contributed by atoms with E-state index in [1.54, 1.807) is 12.1 Å². The number of para-hydroxylation sites is 1. The molecular weight excluding hydrogens is 286 g/mol. The maximum absolute atomic E-state index is 12.8. The molecule has 20 heavy (non-hydrogen) atoms. The minimum absolute atomic E-state index is 0.0419. The van der Waals surface area contributed by atoms with E-state index in [0.717, 1.165) is 0 Å². The highest BCUT2D eigenvalue weighted by atomic mass is 32.2. The topological polar surface area (TPSA) is 49.4 Å². The molecule has 1 aromatic rings. The highest BCUT2D eigenvalue weighted by molar-refractivity contribution is 7.91. The molecule has 2 atom stereocenters. The van der Waals surface area contributed by atoms with Crippen molar-refractivity contribution in [3.63, 3.8) is 0 Å². The second-order valence-electron chi connectivity index (χ2n) is 5.08. The van der Waals surface area contributed by atoms with Crippen LogP contribution in [0.2, 0.25) is 0 Å². The number of nitrogens with one attached hydrogen (secondary N) is 1. The van der Waals surface area contributed by atoms with Crippen molar-refractivity contribution in [2.24, 2.45) is 0 Å². The van der Waals surface area contributed by atoms with Crippen LogP contribution >= 0.6 is 0 Å². The largest absolute Gasteiger partial charge is 0.365 e. The number of alkyl halides is 2. The van der Waals surface area contributed by atoms with Crippen LogP contribution in [-0.2, 0) is 9.84 Å². The number of rotatable bonds is 3. The summed E-state index contributed by atoms with van der Waals surface area (Å²) in [6.07, 6.45) is 0. The van der Waals surface area contributed by atoms with Crippen molar-refractivity contribution < 1.29 is 17.2 Å². The fourth-order valence-corrected chi connectivity index (χ4v) is 3.33. The molecule has 0 radical (unpaired) electrons. The van der Waals surface area contributed by atoms with Crippen molar-refractivity contribution >= 4 is 15.5 Å². The van der Waals surface area contributed by atoms with Crippen LogP contribution in [0.4, 0.5) is 14.5 Å². The van der Waals surface area contributed by atoms with E-state index in [1.807, 2.05) is 18.7 Å². The van der Waals surface area contributed by atoms with E-state index < -0.39 is 15.6 Å². The fraction of sp³-hybridized carbons (Fsp3) is 0.538. The van der Waals surface area contributed by atoms with E-state index in [9.17, 15) is 17.2 Å². The molecule has 1 saturated heterocycles. The molecule has 2 rings (SSSR count). The van der Waals surface area contributed by atoms with Crippen molar-refractivity contribution in [3.05, 3.63) is 24.3 Å². The number of sulfone groups is 1. The predicted molar refractivity (Wildman–Crippen MR) is 73.9 cm³/mol. The van der Waals surface area contributed by atoms with Gasteiger partial charge in [0.2, 0.25) is 9.84 Å². The van der Waals surface area contributed by atoms with Crippen molar-refractivity contribution in [2.45, 2.75) is 36.6 Å². The van der Waals surface area contributed by atoms with Gasteiger partial charge in [-0.2, -0.15) is 8.78 Å². The van der Waals surface area contributed by atoms with Crippen LogP contribution < -0.4 is 10.2 Å². The van der Waals surface area contributed by atoms with Crippen molar-refractivity contribution in [1.29, 1.82) is 0 Å². The van der Waals surface area contributed by atoms with Gasteiger partial charge in [0.05, 0.1) is 10.6 Å². The van der Waals surface area contributed by atoms with Gasteiger partial charge in [0.25, 0.3) is 0 Å². The molecule has 1 aromatic carbocycles. The lowest BCUT2D eigenvalue weighted by molar-refractivity contribution is 0.234. The predicted octanol–water partition coefficient (Wildman–Crippen LogP) is 1.87. The highest BCUT2D eigenvalue weighted by Gasteiger charge is 2.32. The van der Waals surface area contributed by atoms with Gasteiger partial charge in [-0.1, -0.05) is 12.1 Å².